The first-order valence-electron chi connectivity index (χ1n) is 8.72. The summed E-state index contributed by atoms with van der Waals surface area (Å²) in [5, 5.41) is 12.8. The van der Waals surface area contributed by atoms with Crippen LogP contribution in [-0.4, -0.2) is 16.0 Å². The van der Waals surface area contributed by atoms with Crippen molar-refractivity contribution in [1.82, 2.24) is 10.2 Å². The van der Waals surface area contributed by atoms with Crippen LogP contribution in [0.15, 0.2) is 35.6 Å². The lowest BCUT2D eigenvalue weighted by Crippen LogP contribution is -2.43. The smallest absolute Gasteiger partial charge is 0.108 e. The Bertz CT molecular complexity index is 813. The van der Waals surface area contributed by atoms with Crippen LogP contribution in [0.4, 0.5) is 5.69 Å². The molecule has 6 heteroatoms. The van der Waals surface area contributed by atoms with Gasteiger partial charge in [-0.3, -0.25) is 4.99 Å². The van der Waals surface area contributed by atoms with Crippen LogP contribution >= 0.6 is 23.2 Å². The summed E-state index contributed by atoms with van der Waals surface area (Å²) in [6.45, 7) is 0.592. The molecule has 0 unspecified atom stereocenters. The van der Waals surface area contributed by atoms with Gasteiger partial charge in [0.2, 0.25) is 0 Å². The molecule has 2 aliphatic rings. The summed E-state index contributed by atoms with van der Waals surface area (Å²) < 4.78 is 0. The van der Waals surface area contributed by atoms with E-state index < -0.39 is 0 Å². The third kappa shape index (κ3) is 3.38. The molecule has 1 aromatic carbocycles. The molecule has 0 atom stereocenters. The van der Waals surface area contributed by atoms with Crippen LogP contribution in [0, 0.1) is 5.41 Å². The maximum atomic E-state index is 6.13. The largest absolute Gasteiger partial charge is 0.342 e. The van der Waals surface area contributed by atoms with Crippen LogP contribution in [-0.2, 0) is 13.0 Å². The first kappa shape index (κ1) is 16.8. The summed E-state index contributed by atoms with van der Waals surface area (Å²) in [4.78, 5) is 4.96. The Kier molecular flexibility index (Phi) is 4.65. The monoisotopic (exact) mass is 374 g/mol. The molecule has 1 aliphatic heterocycles. The zero-order valence-corrected chi connectivity index (χ0v) is 15.4. The molecule has 1 aromatic heterocycles. The Morgan fingerprint density at radius 2 is 1.84 bits per heavy atom. The van der Waals surface area contributed by atoms with Gasteiger partial charge in [-0.25, -0.2) is 0 Å². The molecule has 0 bridgehead atoms. The molecule has 1 fully saturated rings. The van der Waals surface area contributed by atoms with Crippen LogP contribution in [0.5, 0.6) is 0 Å². The summed E-state index contributed by atoms with van der Waals surface area (Å²) in [7, 11) is 0. The Morgan fingerprint density at radius 3 is 2.64 bits per heavy atom. The molecule has 2 aromatic rings. The first-order chi connectivity index (χ1) is 12.2. The first-order valence-corrected chi connectivity index (χ1v) is 9.47. The van der Waals surface area contributed by atoms with Crippen molar-refractivity contribution < 1.29 is 0 Å². The fourth-order valence-electron chi connectivity index (χ4n) is 3.97. The van der Waals surface area contributed by atoms with E-state index in [4.69, 9.17) is 28.2 Å². The molecule has 0 amide bonds. The maximum absolute atomic E-state index is 6.13. The lowest BCUT2D eigenvalue weighted by Gasteiger charge is -2.42. The number of aliphatic imine (C=N–C) groups is 1. The molecule has 4 rings (SSSR count). The minimum atomic E-state index is 0.102. The third-order valence-electron chi connectivity index (χ3n) is 5.31. The van der Waals surface area contributed by atoms with E-state index in [-0.39, 0.29) is 5.41 Å². The van der Waals surface area contributed by atoms with Crippen molar-refractivity contribution in [3.63, 3.8) is 0 Å². The topological polar surface area (TPSA) is 50.2 Å². The van der Waals surface area contributed by atoms with Crippen molar-refractivity contribution in [1.29, 1.82) is 0 Å². The summed E-state index contributed by atoms with van der Waals surface area (Å²) in [6.07, 6.45) is 10.8. The highest BCUT2D eigenvalue weighted by Gasteiger charge is 2.41. The number of nitrogens with one attached hydrogen (secondary N) is 1. The molecule has 4 nitrogen and oxygen atoms in total. The van der Waals surface area contributed by atoms with E-state index in [0.717, 1.165) is 23.5 Å². The number of rotatable bonds is 2. The number of amidine groups is 1. The molecule has 2 heterocycles. The van der Waals surface area contributed by atoms with E-state index in [9.17, 15) is 0 Å². The number of aromatic nitrogens is 2. The van der Waals surface area contributed by atoms with Crippen molar-refractivity contribution in [3.05, 3.63) is 51.8 Å². The van der Waals surface area contributed by atoms with Crippen LogP contribution < -0.4 is 5.32 Å². The number of nitrogens with zero attached hydrogens (tertiary/aromatic N) is 3. The molecule has 0 radical (unpaired) electrons. The average Bonchev–Trinajstić information content (AvgIpc) is 2.63. The molecule has 1 spiro atoms. The van der Waals surface area contributed by atoms with E-state index in [0.29, 0.717) is 16.6 Å². The minimum absolute atomic E-state index is 0.102. The Balaban J connectivity index is 1.66. The molecule has 130 valence electrons. The number of halogens is 2. The minimum Gasteiger partial charge on any atom is -0.342 e. The van der Waals surface area contributed by atoms with Gasteiger partial charge in [0.25, 0.3) is 0 Å². The molecule has 1 saturated carbocycles. The van der Waals surface area contributed by atoms with Gasteiger partial charge in [-0.15, -0.1) is 0 Å². The van der Waals surface area contributed by atoms with Crippen molar-refractivity contribution >= 4 is 34.7 Å². The lowest BCUT2D eigenvalue weighted by atomic mass is 9.68. The molecule has 1 aliphatic carbocycles. The zero-order valence-electron chi connectivity index (χ0n) is 13.9. The number of fused-ring (bicyclic) bond motifs is 1. The van der Waals surface area contributed by atoms with Gasteiger partial charge in [0.05, 0.1) is 34.7 Å². The highest BCUT2D eigenvalue weighted by molar-refractivity contribution is 6.42. The summed E-state index contributed by atoms with van der Waals surface area (Å²) in [6, 6.07) is 5.70. The van der Waals surface area contributed by atoms with Gasteiger partial charge in [-0.05, 0) is 42.5 Å². The second-order valence-corrected chi connectivity index (χ2v) is 7.80. The third-order valence-corrected chi connectivity index (χ3v) is 6.05. The predicted molar refractivity (Wildman–Crippen MR) is 102 cm³/mol. The second-order valence-electron chi connectivity index (χ2n) is 6.98. The van der Waals surface area contributed by atoms with E-state index in [2.05, 4.69) is 15.5 Å². The molecular weight excluding hydrogens is 355 g/mol. The zero-order chi connectivity index (χ0) is 17.3. The van der Waals surface area contributed by atoms with Gasteiger partial charge in [0.15, 0.2) is 0 Å². The number of hydrogen-bond acceptors (Lipinski definition) is 3. The average molecular weight is 375 g/mol. The second kappa shape index (κ2) is 6.93. The van der Waals surface area contributed by atoms with E-state index in [1.165, 1.54) is 37.7 Å². The van der Waals surface area contributed by atoms with Crippen LogP contribution in [0.2, 0.25) is 10.0 Å². The van der Waals surface area contributed by atoms with Crippen LogP contribution in [0.3, 0.4) is 0 Å². The van der Waals surface area contributed by atoms with Gasteiger partial charge in [-0.2, -0.15) is 10.2 Å². The molecule has 0 saturated heterocycles. The fourth-order valence-corrected chi connectivity index (χ4v) is 4.29. The highest BCUT2D eigenvalue weighted by Crippen LogP contribution is 2.44. The molecular formula is C19H20Cl2N4. The number of benzene rings is 1. The quantitative estimate of drug-likeness (QED) is 0.775. The van der Waals surface area contributed by atoms with Crippen molar-refractivity contribution in [2.45, 2.75) is 45.1 Å². The summed E-state index contributed by atoms with van der Waals surface area (Å²) in [5.41, 5.74) is 3.43. The van der Waals surface area contributed by atoms with Crippen molar-refractivity contribution in [2.24, 2.45) is 10.4 Å². The molecule has 25 heavy (non-hydrogen) atoms. The SMILES string of the molecule is Clc1ccc(CN=C2Nc3cnncc3CC23CCCCC3)cc1Cl. The predicted octanol–water partition coefficient (Wildman–Crippen LogP) is 5.30. The van der Waals surface area contributed by atoms with Crippen molar-refractivity contribution in [3.8, 4) is 0 Å². The standard InChI is InChI=1S/C19H20Cl2N4/c20-15-5-4-13(8-16(15)21)10-22-18-19(6-2-1-3-7-19)9-14-11-23-24-12-17(14)25-18/h4-5,8,11-12H,1-3,6-7,9-10H2,(H,22,25). The normalized spacial score (nSPS) is 20.3. The number of hydrogen-bond donors (Lipinski definition) is 1. The van der Waals surface area contributed by atoms with Gasteiger partial charge >= 0.3 is 0 Å². The Morgan fingerprint density at radius 1 is 1.04 bits per heavy atom. The van der Waals surface area contributed by atoms with E-state index >= 15 is 0 Å². The van der Waals surface area contributed by atoms with Gasteiger partial charge < -0.3 is 5.32 Å². The van der Waals surface area contributed by atoms with E-state index in [1.54, 1.807) is 6.20 Å². The Hall–Kier alpha value is -1.65. The van der Waals surface area contributed by atoms with E-state index in [1.807, 2.05) is 24.4 Å². The number of anilines is 1. The van der Waals surface area contributed by atoms with Gasteiger partial charge in [0.1, 0.15) is 5.84 Å². The van der Waals surface area contributed by atoms with Gasteiger partial charge in [-0.1, -0.05) is 48.5 Å². The molecule has 1 N–H and O–H groups in total. The summed E-state index contributed by atoms with van der Waals surface area (Å²) in [5.74, 6) is 1.08. The summed E-state index contributed by atoms with van der Waals surface area (Å²) >= 11 is 12.1. The highest BCUT2D eigenvalue weighted by atomic mass is 35.5. The Labute approximate surface area is 157 Å². The van der Waals surface area contributed by atoms with Gasteiger partial charge in [0, 0.05) is 5.41 Å². The van der Waals surface area contributed by atoms with Crippen LogP contribution in [0.1, 0.15) is 43.2 Å². The fraction of sp³-hybridized carbons (Fsp3) is 0.421. The lowest BCUT2D eigenvalue weighted by molar-refractivity contribution is 0.278. The van der Waals surface area contributed by atoms with Crippen molar-refractivity contribution in [2.75, 3.05) is 5.32 Å². The maximum Gasteiger partial charge on any atom is 0.108 e. The van der Waals surface area contributed by atoms with Crippen LogP contribution in [0.25, 0.3) is 0 Å².